The van der Waals surface area contributed by atoms with E-state index in [0.29, 0.717) is 6.29 Å². The Balaban J connectivity index is 2.19. The standard InChI is InChI=1S/C22H33N3O7/c1-22(2,3)32-21(29)24-11-14-30-13-10-23-20(28)18(9-12-26)25-15-19(27)31-16-17-7-5-4-6-8-17/h4-8,12,18,25H,9-11,13-16H2,1-3H3,(H,23,28)(H,24,29)/t18-/m0/s1. The van der Waals surface area contributed by atoms with Gasteiger partial charge in [-0.2, -0.15) is 0 Å². The number of ether oxygens (including phenoxy) is 3. The predicted octanol–water partition coefficient (Wildman–Crippen LogP) is 0.935. The molecule has 10 nitrogen and oxygen atoms in total. The zero-order valence-corrected chi connectivity index (χ0v) is 18.8. The molecule has 3 N–H and O–H groups in total. The van der Waals surface area contributed by atoms with E-state index in [1.807, 2.05) is 30.3 Å². The van der Waals surface area contributed by atoms with Crippen LogP contribution in [0.1, 0.15) is 32.8 Å². The molecule has 0 fully saturated rings. The minimum atomic E-state index is -0.856. The normalized spacial score (nSPS) is 11.8. The molecule has 1 atom stereocenters. The molecule has 0 bridgehead atoms. The number of rotatable bonds is 14. The topological polar surface area (TPSA) is 132 Å². The van der Waals surface area contributed by atoms with E-state index in [-0.39, 0.29) is 45.9 Å². The first-order chi connectivity index (χ1) is 15.2. The highest BCUT2D eigenvalue weighted by atomic mass is 16.6. The number of nitrogens with one attached hydrogen (secondary N) is 3. The summed E-state index contributed by atoms with van der Waals surface area (Å²) >= 11 is 0. The summed E-state index contributed by atoms with van der Waals surface area (Å²) in [5.41, 5.74) is 0.282. The first-order valence-electron chi connectivity index (χ1n) is 10.4. The van der Waals surface area contributed by atoms with Gasteiger partial charge in [-0.05, 0) is 26.3 Å². The van der Waals surface area contributed by atoms with Crippen LogP contribution in [0.15, 0.2) is 30.3 Å². The first kappa shape index (κ1) is 27.1. The molecule has 0 heterocycles. The van der Waals surface area contributed by atoms with Crippen LogP contribution in [0.2, 0.25) is 0 Å². The van der Waals surface area contributed by atoms with Gasteiger partial charge in [0.05, 0.1) is 25.8 Å². The number of hydrogen-bond acceptors (Lipinski definition) is 8. The number of benzene rings is 1. The van der Waals surface area contributed by atoms with Crippen LogP contribution >= 0.6 is 0 Å². The highest BCUT2D eigenvalue weighted by Crippen LogP contribution is 2.06. The second-order valence-electron chi connectivity index (χ2n) is 7.81. The molecule has 0 aromatic heterocycles. The fourth-order valence-corrected chi connectivity index (χ4v) is 2.39. The SMILES string of the molecule is CC(C)(C)OC(=O)NCCOCCNC(=O)[C@H](CC=O)NCC(=O)OCc1ccccc1. The second kappa shape index (κ2) is 14.9. The van der Waals surface area contributed by atoms with Gasteiger partial charge < -0.3 is 29.6 Å². The van der Waals surface area contributed by atoms with Crippen molar-refractivity contribution in [3.63, 3.8) is 0 Å². The van der Waals surface area contributed by atoms with Crippen molar-refractivity contribution in [2.75, 3.05) is 32.8 Å². The first-order valence-corrected chi connectivity index (χ1v) is 10.4. The smallest absolute Gasteiger partial charge is 0.407 e. The fraction of sp³-hybridized carbons (Fsp3) is 0.545. The number of esters is 1. The molecule has 10 heteroatoms. The van der Waals surface area contributed by atoms with Gasteiger partial charge in [0.25, 0.3) is 0 Å². The summed E-state index contributed by atoms with van der Waals surface area (Å²) < 4.78 is 15.6. The average Bonchev–Trinajstić information content (AvgIpc) is 2.73. The number of aldehydes is 1. The zero-order chi connectivity index (χ0) is 23.8. The largest absolute Gasteiger partial charge is 0.460 e. The van der Waals surface area contributed by atoms with Gasteiger partial charge in [-0.25, -0.2) is 4.79 Å². The van der Waals surface area contributed by atoms with Crippen molar-refractivity contribution in [3.8, 4) is 0 Å². The van der Waals surface area contributed by atoms with Gasteiger partial charge in [-0.15, -0.1) is 0 Å². The molecule has 0 aliphatic carbocycles. The summed E-state index contributed by atoms with van der Waals surface area (Å²) in [6.45, 7) is 6.18. The monoisotopic (exact) mass is 451 g/mol. The van der Waals surface area contributed by atoms with E-state index in [1.165, 1.54) is 0 Å². The fourth-order valence-electron chi connectivity index (χ4n) is 2.39. The van der Waals surface area contributed by atoms with Gasteiger partial charge in [-0.3, -0.25) is 14.9 Å². The van der Waals surface area contributed by atoms with Gasteiger partial charge in [0.1, 0.15) is 18.5 Å². The average molecular weight is 452 g/mol. The van der Waals surface area contributed by atoms with E-state index in [4.69, 9.17) is 14.2 Å². The van der Waals surface area contributed by atoms with Crippen LogP contribution < -0.4 is 16.0 Å². The second-order valence-corrected chi connectivity index (χ2v) is 7.81. The van der Waals surface area contributed by atoms with Crippen LogP contribution in [-0.2, 0) is 35.2 Å². The summed E-state index contributed by atoms with van der Waals surface area (Å²) in [4.78, 5) is 46.4. The summed E-state index contributed by atoms with van der Waals surface area (Å²) in [6, 6.07) is 8.35. The molecule has 0 unspecified atom stereocenters. The highest BCUT2D eigenvalue weighted by Gasteiger charge is 2.19. The molecule has 1 rings (SSSR count). The number of alkyl carbamates (subject to hydrolysis) is 1. The van der Waals surface area contributed by atoms with Crippen LogP contribution in [0.4, 0.5) is 4.79 Å². The Morgan fingerprint density at radius 3 is 2.31 bits per heavy atom. The molecule has 1 aromatic rings. The van der Waals surface area contributed by atoms with Crippen LogP contribution in [0.3, 0.4) is 0 Å². The van der Waals surface area contributed by atoms with Gasteiger partial charge in [-0.1, -0.05) is 30.3 Å². The molecular formula is C22H33N3O7. The lowest BCUT2D eigenvalue weighted by Crippen LogP contribution is -2.47. The Hall–Kier alpha value is -2.98. The molecule has 2 amide bonds. The summed E-state index contributed by atoms with van der Waals surface area (Å²) in [7, 11) is 0. The Bertz CT molecular complexity index is 720. The summed E-state index contributed by atoms with van der Waals surface area (Å²) in [5, 5.41) is 7.91. The quantitative estimate of drug-likeness (QED) is 0.216. The molecule has 32 heavy (non-hydrogen) atoms. The van der Waals surface area contributed by atoms with Gasteiger partial charge in [0.15, 0.2) is 0 Å². The minimum Gasteiger partial charge on any atom is -0.460 e. The van der Waals surface area contributed by atoms with E-state index < -0.39 is 29.6 Å². The van der Waals surface area contributed by atoms with E-state index >= 15 is 0 Å². The number of carbonyl (C=O) groups is 4. The molecule has 178 valence electrons. The van der Waals surface area contributed by atoms with Crippen LogP contribution in [0.5, 0.6) is 0 Å². The molecule has 0 saturated carbocycles. The number of amides is 2. The molecule has 0 aliphatic heterocycles. The molecule has 0 saturated heterocycles. The third-order valence-corrected chi connectivity index (χ3v) is 3.84. The molecule has 0 radical (unpaired) electrons. The third kappa shape index (κ3) is 13.3. The van der Waals surface area contributed by atoms with E-state index in [2.05, 4.69) is 16.0 Å². The van der Waals surface area contributed by atoms with Crippen molar-refractivity contribution in [2.24, 2.45) is 0 Å². The van der Waals surface area contributed by atoms with Gasteiger partial charge in [0, 0.05) is 19.5 Å². The maximum Gasteiger partial charge on any atom is 0.407 e. The Morgan fingerprint density at radius 1 is 1.03 bits per heavy atom. The van der Waals surface area contributed by atoms with E-state index in [0.717, 1.165) is 5.56 Å². The van der Waals surface area contributed by atoms with Crippen molar-refractivity contribution < 1.29 is 33.4 Å². The Morgan fingerprint density at radius 2 is 1.69 bits per heavy atom. The molecule has 1 aromatic carbocycles. The van der Waals surface area contributed by atoms with Crippen LogP contribution in [0, 0.1) is 0 Å². The highest BCUT2D eigenvalue weighted by molar-refractivity contribution is 5.84. The third-order valence-electron chi connectivity index (χ3n) is 3.84. The maximum atomic E-state index is 12.2. The van der Waals surface area contributed by atoms with Crippen LogP contribution in [0.25, 0.3) is 0 Å². The van der Waals surface area contributed by atoms with Crippen molar-refractivity contribution in [3.05, 3.63) is 35.9 Å². The summed E-state index contributed by atoms with van der Waals surface area (Å²) in [5.74, 6) is -0.957. The molecule has 0 spiro atoms. The molecule has 0 aliphatic rings. The number of carbonyl (C=O) groups excluding carboxylic acids is 4. The summed E-state index contributed by atoms with van der Waals surface area (Å²) in [6.07, 6.45) is -0.0106. The van der Waals surface area contributed by atoms with E-state index in [9.17, 15) is 19.2 Å². The zero-order valence-electron chi connectivity index (χ0n) is 18.8. The van der Waals surface area contributed by atoms with Crippen molar-refractivity contribution in [1.82, 2.24) is 16.0 Å². The Kier molecular flexibility index (Phi) is 12.6. The van der Waals surface area contributed by atoms with Crippen LogP contribution in [-0.4, -0.2) is 68.7 Å². The van der Waals surface area contributed by atoms with Crippen molar-refractivity contribution in [2.45, 2.75) is 45.4 Å². The lowest BCUT2D eigenvalue weighted by atomic mass is 10.2. The predicted molar refractivity (Wildman–Crippen MR) is 117 cm³/mol. The maximum absolute atomic E-state index is 12.2. The Labute approximate surface area is 188 Å². The van der Waals surface area contributed by atoms with Crippen molar-refractivity contribution in [1.29, 1.82) is 0 Å². The lowest BCUT2D eigenvalue weighted by molar-refractivity contribution is -0.144. The lowest BCUT2D eigenvalue weighted by Gasteiger charge is -2.19. The van der Waals surface area contributed by atoms with Gasteiger partial charge in [0.2, 0.25) is 5.91 Å². The van der Waals surface area contributed by atoms with Gasteiger partial charge >= 0.3 is 12.1 Å². The van der Waals surface area contributed by atoms with E-state index in [1.54, 1.807) is 20.8 Å². The van der Waals surface area contributed by atoms with Crippen molar-refractivity contribution >= 4 is 24.3 Å². The molecular weight excluding hydrogens is 418 g/mol. The number of hydrogen-bond donors (Lipinski definition) is 3. The minimum absolute atomic E-state index is 0.0849.